The first-order valence-corrected chi connectivity index (χ1v) is 6.61. The summed E-state index contributed by atoms with van der Waals surface area (Å²) < 4.78 is 0. The molecule has 4 nitrogen and oxygen atoms in total. The fraction of sp³-hybridized carbons (Fsp3) is 0.188. The van der Waals surface area contributed by atoms with Crippen molar-refractivity contribution in [3.05, 3.63) is 52.8 Å². The van der Waals surface area contributed by atoms with Crippen molar-refractivity contribution in [2.45, 2.75) is 13.8 Å². The number of hydrogen-bond acceptors (Lipinski definition) is 2. The average Bonchev–Trinajstić information content (AvgIpc) is 2.88. The van der Waals surface area contributed by atoms with Crippen molar-refractivity contribution in [3.63, 3.8) is 0 Å². The van der Waals surface area contributed by atoms with Gasteiger partial charge in [-0.05, 0) is 37.6 Å². The number of amides is 1. The number of anilines is 1. The molecule has 4 heteroatoms. The fourth-order valence-corrected chi connectivity index (χ4v) is 2.67. The van der Waals surface area contributed by atoms with Crippen molar-refractivity contribution in [2.75, 3.05) is 11.6 Å². The molecule has 1 aromatic heterocycles. The van der Waals surface area contributed by atoms with Crippen LogP contribution in [-0.4, -0.2) is 17.6 Å². The van der Waals surface area contributed by atoms with Crippen molar-refractivity contribution >= 4 is 23.2 Å². The zero-order chi connectivity index (χ0) is 14.3. The number of aromatic nitrogens is 1. The maximum absolute atomic E-state index is 12.5. The third-order valence-electron chi connectivity index (χ3n) is 3.62. The Morgan fingerprint density at radius 3 is 2.70 bits per heavy atom. The van der Waals surface area contributed by atoms with Crippen LogP contribution in [0.4, 0.5) is 5.69 Å². The van der Waals surface area contributed by atoms with E-state index in [9.17, 15) is 4.79 Å². The third kappa shape index (κ3) is 1.85. The van der Waals surface area contributed by atoms with Gasteiger partial charge in [-0.2, -0.15) is 0 Å². The van der Waals surface area contributed by atoms with Gasteiger partial charge in [0.05, 0.1) is 17.9 Å². The summed E-state index contributed by atoms with van der Waals surface area (Å²) >= 11 is 0. The van der Waals surface area contributed by atoms with Gasteiger partial charge < -0.3 is 10.7 Å². The van der Waals surface area contributed by atoms with E-state index in [2.05, 4.69) is 11.1 Å². The van der Waals surface area contributed by atoms with Gasteiger partial charge in [0.15, 0.2) is 0 Å². The lowest BCUT2D eigenvalue weighted by atomic mass is 10.1. The molecule has 1 amide bonds. The average molecular weight is 267 g/mol. The molecule has 1 aliphatic heterocycles. The molecule has 0 radical (unpaired) electrons. The summed E-state index contributed by atoms with van der Waals surface area (Å²) in [6.45, 7) is 4.23. The molecule has 0 spiro atoms. The Labute approximate surface area is 117 Å². The van der Waals surface area contributed by atoms with E-state index in [0.29, 0.717) is 5.57 Å². The first-order valence-electron chi connectivity index (χ1n) is 6.61. The van der Waals surface area contributed by atoms with Crippen LogP contribution in [0.5, 0.6) is 0 Å². The number of aryl methyl sites for hydroxylation is 2. The Bertz CT molecular complexity index is 712. The number of fused-ring (bicyclic) bond motifs is 1. The van der Waals surface area contributed by atoms with E-state index in [1.807, 2.05) is 44.2 Å². The number of nitrogens with one attached hydrogen (secondary N) is 1. The topological polar surface area (TPSA) is 62.1 Å². The molecular weight excluding hydrogens is 250 g/mol. The molecule has 102 valence electrons. The molecule has 0 saturated heterocycles. The van der Waals surface area contributed by atoms with Crippen LogP contribution in [-0.2, 0) is 4.79 Å². The minimum absolute atomic E-state index is 0.0413. The predicted octanol–water partition coefficient (Wildman–Crippen LogP) is 2.43. The van der Waals surface area contributed by atoms with Crippen LogP contribution in [0.2, 0.25) is 0 Å². The van der Waals surface area contributed by atoms with Gasteiger partial charge >= 0.3 is 0 Å². The van der Waals surface area contributed by atoms with Gasteiger partial charge in [0.1, 0.15) is 0 Å². The Morgan fingerprint density at radius 2 is 2.05 bits per heavy atom. The van der Waals surface area contributed by atoms with Crippen LogP contribution in [0.15, 0.2) is 30.3 Å². The molecule has 1 aromatic carbocycles. The van der Waals surface area contributed by atoms with Gasteiger partial charge in [-0.15, -0.1) is 0 Å². The summed E-state index contributed by atoms with van der Waals surface area (Å²) in [5.41, 5.74) is 11.4. The highest BCUT2D eigenvalue weighted by molar-refractivity contribution is 6.35. The standard InChI is InChI=1S/C16H17N3O/c1-10-7-11(2)18-14(10)8-13-12-5-3-4-6-15(12)19(9-17)16(13)20/h3-8,18H,9,17H2,1-2H3/b13-8-. The highest BCUT2D eigenvalue weighted by Gasteiger charge is 2.31. The third-order valence-corrected chi connectivity index (χ3v) is 3.62. The van der Waals surface area contributed by atoms with E-state index in [4.69, 9.17) is 5.73 Å². The molecule has 0 saturated carbocycles. The summed E-state index contributed by atoms with van der Waals surface area (Å²) in [4.78, 5) is 17.4. The monoisotopic (exact) mass is 267 g/mol. The molecule has 0 bridgehead atoms. The zero-order valence-corrected chi connectivity index (χ0v) is 11.6. The van der Waals surface area contributed by atoms with Crippen LogP contribution < -0.4 is 10.6 Å². The van der Waals surface area contributed by atoms with Crippen LogP contribution in [0.25, 0.3) is 11.6 Å². The number of nitrogens with two attached hydrogens (primary N) is 1. The minimum Gasteiger partial charge on any atom is -0.359 e. The fourth-order valence-electron chi connectivity index (χ4n) is 2.67. The largest absolute Gasteiger partial charge is 0.359 e. The molecule has 2 aromatic rings. The summed E-state index contributed by atoms with van der Waals surface area (Å²) in [5, 5.41) is 0. The molecule has 2 heterocycles. The Balaban J connectivity index is 2.15. The molecule has 3 rings (SSSR count). The first kappa shape index (κ1) is 12.7. The second-order valence-corrected chi connectivity index (χ2v) is 5.04. The molecule has 1 aliphatic rings. The highest BCUT2D eigenvalue weighted by Crippen LogP contribution is 2.37. The highest BCUT2D eigenvalue weighted by atomic mass is 16.2. The van der Waals surface area contributed by atoms with Gasteiger partial charge in [-0.3, -0.25) is 9.69 Å². The van der Waals surface area contributed by atoms with Crippen molar-refractivity contribution in [3.8, 4) is 0 Å². The SMILES string of the molecule is Cc1cc(C)c(/C=C2\C(=O)N(CN)c3ccccc32)[nH]1. The molecule has 20 heavy (non-hydrogen) atoms. The summed E-state index contributed by atoms with van der Waals surface area (Å²) in [7, 11) is 0. The van der Waals surface area contributed by atoms with E-state index in [1.54, 1.807) is 4.90 Å². The predicted molar refractivity (Wildman–Crippen MR) is 81.1 cm³/mol. The van der Waals surface area contributed by atoms with Gasteiger partial charge in [0, 0.05) is 17.0 Å². The second-order valence-electron chi connectivity index (χ2n) is 5.04. The lowest BCUT2D eigenvalue weighted by molar-refractivity contribution is -0.112. The molecule has 0 fully saturated rings. The lowest BCUT2D eigenvalue weighted by Gasteiger charge is -2.13. The summed E-state index contributed by atoms with van der Waals surface area (Å²) in [6, 6.07) is 9.81. The van der Waals surface area contributed by atoms with Gasteiger partial charge in [-0.25, -0.2) is 0 Å². The van der Waals surface area contributed by atoms with Crippen LogP contribution in [0, 0.1) is 13.8 Å². The Morgan fingerprint density at radius 1 is 1.30 bits per heavy atom. The van der Waals surface area contributed by atoms with E-state index in [0.717, 1.165) is 28.2 Å². The van der Waals surface area contributed by atoms with Gasteiger partial charge in [0.25, 0.3) is 5.91 Å². The van der Waals surface area contributed by atoms with Gasteiger partial charge in [0.2, 0.25) is 0 Å². The molecule has 3 N–H and O–H groups in total. The zero-order valence-electron chi connectivity index (χ0n) is 11.6. The number of carbonyl (C=O) groups is 1. The first-order chi connectivity index (χ1) is 9.61. The Hall–Kier alpha value is -2.33. The Kier molecular flexibility index (Phi) is 2.95. The normalized spacial score (nSPS) is 16.1. The number of benzene rings is 1. The second kappa shape index (κ2) is 4.65. The van der Waals surface area contributed by atoms with Crippen molar-refractivity contribution < 1.29 is 4.79 Å². The van der Waals surface area contributed by atoms with Crippen LogP contribution in [0.3, 0.4) is 0 Å². The van der Waals surface area contributed by atoms with E-state index in [-0.39, 0.29) is 12.6 Å². The van der Waals surface area contributed by atoms with E-state index < -0.39 is 0 Å². The quantitative estimate of drug-likeness (QED) is 0.821. The minimum atomic E-state index is -0.0413. The maximum Gasteiger partial charge on any atom is 0.260 e. The van der Waals surface area contributed by atoms with Crippen LogP contribution in [0.1, 0.15) is 22.5 Å². The van der Waals surface area contributed by atoms with E-state index >= 15 is 0 Å². The number of rotatable bonds is 2. The molecule has 0 unspecified atom stereocenters. The van der Waals surface area contributed by atoms with Crippen LogP contribution >= 0.6 is 0 Å². The number of hydrogen-bond donors (Lipinski definition) is 2. The number of para-hydroxylation sites is 1. The smallest absolute Gasteiger partial charge is 0.260 e. The summed E-state index contributed by atoms with van der Waals surface area (Å²) in [6.07, 6.45) is 1.92. The number of H-pyrrole nitrogens is 1. The molecular formula is C16H17N3O. The van der Waals surface area contributed by atoms with Crippen molar-refractivity contribution in [2.24, 2.45) is 5.73 Å². The van der Waals surface area contributed by atoms with Crippen molar-refractivity contribution in [1.29, 1.82) is 0 Å². The molecule has 0 aliphatic carbocycles. The number of aromatic amines is 1. The lowest BCUT2D eigenvalue weighted by Crippen LogP contribution is -2.32. The van der Waals surface area contributed by atoms with E-state index in [1.165, 1.54) is 0 Å². The number of carbonyl (C=O) groups excluding carboxylic acids is 1. The number of nitrogens with zero attached hydrogens (tertiary/aromatic N) is 1. The van der Waals surface area contributed by atoms with Crippen molar-refractivity contribution in [1.82, 2.24) is 4.98 Å². The van der Waals surface area contributed by atoms with Gasteiger partial charge in [-0.1, -0.05) is 18.2 Å². The summed E-state index contributed by atoms with van der Waals surface area (Å²) in [5.74, 6) is -0.0413. The molecule has 0 atom stereocenters. The maximum atomic E-state index is 12.5.